The summed E-state index contributed by atoms with van der Waals surface area (Å²) in [4.78, 5) is 18.3. The van der Waals surface area contributed by atoms with Crippen LogP contribution in [-0.4, -0.2) is 47.1 Å². The third-order valence-corrected chi connectivity index (χ3v) is 4.14. The predicted octanol–water partition coefficient (Wildman–Crippen LogP) is 2.44. The lowest BCUT2D eigenvalue weighted by Crippen LogP contribution is -2.31. The molecular formula is C16H19N3O2. The summed E-state index contributed by atoms with van der Waals surface area (Å²) < 4.78 is 0. The number of nitrogens with zero attached hydrogens (tertiary/aromatic N) is 2. The summed E-state index contributed by atoms with van der Waals surface area (Å²) in [5.41, 5.74) is 1.00. The van der Waals surface area contributed by atoms with Crippen molar-refractivity contribution in [3.63, 3.8) is 0 Å². The first-order valence-corrected chi connectivity index (χ1v) is 7.22. The first-order valence-electron chi connectivity index (χ1n) is 7.22. The normalized spacial score (nSPS) is 19.0. The maximum Gasteiger partial charge on any atom is 0.336 e. The average molecular weight is 285 g/mol. The Morgan fingerprint density at radius 1 is 1.48 bits per heavy atom. The van der Waals surface area contributed by atoms with Gasteiger partial charge in [0.05, 0.1) is 11.1 Å². The number of hydrogen-bond donors (Lipinski definition) is 2. The molecule has 1 atom stereocenters. The molecule has 21 heavy (non-hydrogen) atoms. The van der Waals surface area contributed by atoms with Crippen molar-refractivity contribution in [1.29, 1.82) is 0 Å². The Hall–Kier alpha value is -2.14. The Balaban J connectivity index is 1.86. The number of carbonyl (C=O) groups is 1. The molecule has 1 fully saturated rings. The van der Waals surface area contributed by atoms with Gasteiger partial charge in [0.2, 0.25) is 0 Å². The number of benzene rings is 1. The zero-order valence-corrected chi connectivity index (χ0v) is 12.0. The third kappa shape index (κ3) is 2.83. The van der Waals surface area contributed by atoms with Crippen LogP contribution < -0.4 is 5.32 Å². The van der Waals surface area contributed by atoms with Crippen LogP contribution in [0.1, 0.15) is 23.2 Å². The Bertz CT molecular complexity index is 672. The number of likely N-dealkylation sites (N-methyl/N-ethyl adjacent to an activating group) is 1. The van der Waals surface area contributed by atoms with E-state index in [9.17, 15) is 9.90 Å². The van der Waals surface area contributed by atoms with Gasteiger partial charge in [0.15, 0.2) is 0 Å². The summed E-state index contributed by atoms with van der Waals surface area (Å²) >= 11 is 0. The molecule has 1 aliphatic rings. The number of hydrogen-bond acceptors (Lipinski definition) is 4. The second-order valence-electron chi connectivity index (χ2n) is 5.53. The van der Waals surface area contributed by atoms with Gasteiger partial charge in [0.1, 0.15) is 5.82 Å². The van der Waals surface area contributed by atoms with Crippen LogP contribution >= 0.6 is 0 Å². The molecule has 2 N–H and O–H groups in total. The number of aromatic carboxylic acids is 1. The molecule has 1 unspecified atom stereocenters. The van der Waals surface area contributed by atoms with Gasteiger partial charge < -0.3 is 15.3 Å². The number of likely N-dealkylation sites (tertiary alicyclic amines) is 1. The van der Waals surface area contributed by atoms with E-state index < -0.39 is 5.97 Å². The molecule has 2 aromatic rings. The summed E-state index contributed by atoms with van der Waals surface area (Å²) in [6.45, 7) is 1.92. The van der Waals surface area contributed by atoms with Gasteiger partial charge in [-0.15, -0.1) is 0 Å². The molecule has 0 aliphatic carbocycles. The number of rotatable bonds is 4. The van der Waals surface area contributed by atoms with E-state index in [2.05, 4.69) is 22.2 Å². The van der Waals surface area contributed by atoms with E-state index in [1.165, 1.54) is 12.8 Å². The Kier molecular flexibility index (Phi) is 3.75. The lowest BCUT2D eigenvalue weighted by molar-refractivity contribution is 0.0699. The summed E-state index contributed by atoms with van der Waals surface area (Å²) in [6.07, 6.45) is 2.39. The fourth-order valence-corrected chi connectivity index (χ4v) is 2.90. The molecule has 3 rings (SSSR count). The van der Waals surface area contributed by atoms with E-state index in [0.717, 1.165) is 13.1 Å². The molecule has 0 amide bonds. The minimum absolute atomic E-state index is 0.294. The van der Waals surface area contributed by atoms with Gasteiger partial charge in [-0.1, -0.05) is 18.2 Å². The van der Waals surface area contributed by atoms with Crippen molar-refractivity contribution in [2.75, 3.05) is 25.5 Å². The van der Waals surface area contributed by atoms with Crippen molar-refractivity contribution >= 4 is 22.7 Å². The van der Waals surface area contributed by atoms with Crippen LogP contribution in [0, 0.1) is 0 Å². The third-order valence-electron chi connectivity index (χ3n) is 4.14. The van der Waals surface area contributed by atoms with Gasteiger partial charge in [-0.25, -0.2) is 9.78 Å². The topological polar surface area (TPSA) is 65.5 Å². The highest BCUT2D eigenvalue weighted by molar-refractivity contribution is 6.03. The van der Waals surface area contributed by atoms with Gasteiger partial charge in [-0.05, 0) is 38.6 Å². The number of fused-ring (bicyclic) bond motifs is 1. The van der Waals surface area contributed by atoms with Crippen LogP contribution in [0.25, 0.3) is 10.9 Å². The minimum atomic E-state index is -0.922. The predicted molar refractivity (Wildman–Crippen MR) is 82.8 cm³/mol. The van der Waals surface area contributed by atoms with Crippen molar-refractivity contribution in [3.8, 4) is 0 Å². The van der Waals surface area contributed by atoms with Gasteiger partial charge in [-0.2, -0.15) is 0 Å². The number of para-hydroxylation sites is 1. The van der Waals surface area contributed by atoms with Crippen LogP contribution in [0.5, 0.6) is 0 Å². The Morgan fingerprint density at radius 3 is 3.00 bits per heavy atom. The standard InChI is InChI=1S/C16H19N3O2/c1-19-8-4-5-11(19)10-17-15-9-13(16(20)21)12-6-2-3-7-14(12)18-15/h2-3,6-7,9,11H,4-5,8,10H2,1H3,(H,17,18)(H,20,21). The van der Waals surface area contributed by atoms with Crippen molar-refractivity contribution in [2.45, 2.75) is 18.9 Å². The maximum absolute atomic E-state index is 11.4. The lowest BCUT2D eigenvalue weighted by atomic mass is 10.1. The second kappa shape index (κ2) is 5.69. The van der Waals surface area contributed by atoms with E-state index in [4.69, 9.17) is 0 Å². The maximum atomic E-state index is 11.4. The van der Waals surface area contributed by atoms with Crippen LogP contribution in [0.2, 0.25) is 0 Å². The van der Waals surface area contributed by atoms with Crippen molar-refractivity contribution in [3.05, 3.63) is 35.9 Å². The minimum Gasteiger partial charge on any atom is -0.478 e. The van der Waals surface area contributed by atoms with Crippen molar-refractivity contribution < 1.29 is 9.90 Å². The molecule has 0 saturated carbocycles. The summed E-state index contributed by atoms with van der Waals surface area (Å²) in [6, 6.07) is 9.45. The van der Waals surface area contributed by atoms with E-state index in [0.29, 0.717) is 28.3 Å². The summed E-state index contributed by atoms with van der Waals surface area (Å²) in [5, 5.41) is 13.3. The second-order valence-corrected chi connectivity index (χ2v) is 5.53. The van der Waals surface area contributed by atoms with E-state index in [1.807, 2.05) is 18.2 Å². The molecule has 0 bridgehead atoms. The molecule has 5 nitrogen and oxygen atoms in total. The highest BCUT2D eigenvalue weighted by atomic mass is 16.4. The molecule has 110 valence electrons. The van der Waals surface area contributed by atoms with Crippen LogP contribution in [0.3, 0.4) is 0 Å². The average Bonchev–Trinajstić information content (AvgIpc) is 2.89. The fraction of sp³-hybridized carbons (Fsp3) is 0.375. The molecule has 5 heteroatoms. The van der Waals surface area contributed by atoms with Gasteiger partial charge in [-0.3, -0.25) is 0 Å². The molecule has 0 spiro atoms. The zero-order valence-electron chi connectivity index (χ0n) is 12.0. The summed E-state index contributed by atoms with van der Waals surface area (Å²) in [7, 11) is 2.12. The van der Waals surface area contributed by atoms with E-state index >= 15 is 0 Å². The van der Waals surface area contributed by atoms with E-state index in [-0.39, 0.29) is 0 Å². The Morgan fingerprint density at radius 2 is 2.29 bits per heavy atom. The smallest absolute Gasteiger partial charge is 0.336 e. The van der Waals surface area contributed by atoms with Crippen molar-refractivity contribution in [1.82, 2.24) is 9.88 Å². The van der Waals surface area contributed by atoms with Crippen LogP contribution in [0.15, 0.2) is 30.3 Å². The van der Waals surface area contributed by atoms with Crippen LogP contribution in [-0.2, 0) is 0 Å². The molecule has 1 saturated heterocycles. The number of anilines is 1. The van der Waals surface area contributed by atoms with E-state index in [1.54, 1.807) is 12.1 Å². The molecule has 1 aliphatic heterocycles. The first kappa shape index (κ1) is 13.8. The number of carboxylic acid groups (broad SMARTS) is 1. The quantitative estimate of drug-likeness (QED) is 0.903. The van der Waals surface area contributed by atoms with Gasteiger partial charge in [0.25, 0.3) is 0 Å². The first-order chi connectivity index (χ1) is 10.1. The monoisotopic (exact) mass is 285 g/mol. The van der Waals surface area contributed by atoms with Gasteiger partial charge in [0, 0.05) is 18.0 Å². The molecular weight excluding hydrogens is 266 g/mol. The number of carboxylic acids is 1. The highest BCUT2D eigenvalue weighted by Crippen LogP contribution is 2.21. The van der Waals surface area contributed by atoms with Gasteiger partial charge >= 0.3 is 5.97 Å². The molecule has 1 aromatic heterocycles. The molecule has 0 radical (unpaired) electrons. The molecule has 1 aromatic carbocycles. The fourth-order valence-electron chi connectivity index (χ4n) is 2.90. The largest absolute Gasteiger partial charge is 0.478 e. The highest BCUT2D eigenvalue weighted by Gasteiger charge is 2.20. The Labute approximate surface area is 123 Å². The number of aromatic nitrogens is 1. The number of nitrogens with one attached hydrogen (secondary N) is 1. The SMILES string of the molecule is CN1CCCC1CNc1cc(C(=O)O)c2ccccc2n1. The molecule has 2 heterocycles. The van der Waals surface area contributed by atoms with Crippen molar-refractivity contribution in [2.24, 2.45) is 0 Å². The zero-order chi connectivity index (χ0) is 14.8. The number of pyridine rings is 1. The lowest BCUT2D eigenvalue weighted by Gasteiger charge is -2.20. The van der Waals surface area contributed by atoms with Crippen LogP contribution in [0.4, 0.5) is 5.82 Å². The summed E-state index contributed by atoms with van der Waals surface area (Å²) in [5.74, 6) is -0.291.